The number of rotatable bonds is 5. The molecule has 0 saturated heterocycles. The van der Waals surface area contributed by atoms with Gasteiger partial charge in [0.25, 0.3) is 0 Å². The van der Waals surface area contributed by atoms with Gasteiger partial charge in [0.1, 0.15) is 23.8 Å². The Bertz CT molecular complexity index is 733. The number of phenols is 1. The Morgan fingerprint density at radius 1 is 1.05 bits per heavy atom. The minimum Gasteiger partial charge on any atom is -0.508 e. The molecule has 0 aliphatic carbocycles. The van der Waals surface area contributed by atoms with Crippen LogP contribution in [-0.4, -0.2) is 20.1 Å². The molecule has 5 heteroatoms. The molecule has 0 aliphatic rings. The number of aryl methyl sites for hydroxylation is 1. The van der Waals surface area contributed by atoms with E-state index in [9.17, 15) is 5.11 Å². The second-order valence-corrected chi connectivity index (χ2v) is 4.96. The Kier molecular flexibility index (Phi) is 4.05. The summed E-state index contributed by atoms with van der Waals surface area (Å²) in [6.07, 6.45) is 2.83. The van der Waals surface area contributed by atoms with Crippen molar-refractivity contribution in [2.45, 2.75) is 20.0 Å². The van der Waals surface area contributed by atoms with Gasteiger partial charge >= 0.3 is 0 Å². The minimum atomic E-state index is 0.225. The molecule has 22 heavy (non-hydrogen) atoms. The van der Waals surface area contributed by atoms with Crippen LogP contribution in [0.15, 0.2) is 54.7 Å². The summed E-state index contributed by atoms with van der Waals surface area (Å²) in [5, 5.41) is 17.4. The second kappa shape index (κ2) is 6.30. The summed E-state index contributed by atoms with van der Waals surface area (Å²) in [7, 11) is 0. The van der Waals surface area contributed by atoms with Crippen molar-refractivity contribution in [1.29, 1.82) is 0 Å². The smallest absolute Gasteiger partial charge is 0.134 e. The van der Waals surface area contributed by atoms with E-state index in [0.717, 1.165) is 23.6 Å². The molecule has 1 N–H and O–H groups in total. The summed E-state index contributed by atoms with van der Waals surface area (Å²) in [5.74, 6) is 1.04. The summed E-state index contributed by atoms with van der Waals surface area (Å²) >= 11 is 0. The van der Waals surface area contributed by atoms with E-state index in [0.29, 0.717) is 6.61 Å². The molecule has 5 nitrogen and oxygen atoms in total. The zero-order valence-electron chi connectivity index (χ0n) is 12.3. The zero-order valence-corrected chi connectivity index (χ0v) is 12.3. The molecule has 0 atom stereocenters. The summed E-state index contributed by atoms with van der Waals surface area (Å²) in [6, 6.07) is 14.8. The van der Waals surface area contributed by atoms with Crippen LogP contribution >= 0.6 is 0 Å². The van der Waals surface area contributed by atoms with E-state index in [2.05, 4.69) is 29.4 Å². The molecule has 112 valence electrons. The van der Waals surface area contributed by atoms with Gasteiger partial charge in [0.15, 0.2) is 0 Å². The Morgan fingerprint density at radius 2 is 1.77 bits per heavy atom. The van der Waals surface area contributed by atoms with Crippen molar-refractivity contribution in [2.24, 2.45) is 0 Å². The first-order valence-electron chi connectivity index (χ1n) is 7.17. The van der Waals surface area contributed by atoms with E-state index in [1.807, 2.05) is 18.3 Å². The standard InChI is InChI=1S/C17H17N3O2/c1-2-13-3-9-17(10-4-13)22-12-14-11-20(19-18-14)15-5-7-16(21)8-6-15/h3-11,21H,2,12H2,1H3. The van der Waals surface area contributed by atoms with Gasteiger partial charge in [0.2, 0.25) is 0 Å². The predicted octanol–water partition coefficient (Wildman–Crippen LogP) is 3.11. The second-order valence-electron chi connectivity index (χ2n) is 4.96. The summed E-state index contributed by atoms with van der Waals surface area (Å²) in [4.78, 5) is 0. The number of aromatic hydroxyl groups is 1. The molecule has 2 aromatic carbocycles. The van der Waals surface area contributed by atoms with Crippen LogP contribution < -0.4 is 4.74 Å². The number of benzene rings is 2. The third-order valence-corrected chi connectivity index (χ3v) is 3.37. The van der Waals surface area contributed by atoms with E-state index in [4.69, 9.17) is 4.74 Å². The van der Waals surface area contributed by atoms with Crippen LogP contribution in [0.1, 0.15) is 18.2 Å². The van der Waals surface area contributed by atoms with E-state index in [1.165, 1.54) is 5.56 Å². The largest absolute Gasteiger partial charge is 0.508 e. The van der Waals surface area contributed by atoms with Crippen molar-refractivity contribution in [2.75, 3.05) is 0 Å². The van der Waals surface area contributed by atoms with Crippen LogP contribution in [0.5, 0.6) is 11.5 Å². The van der Waals surface area contributed by atoms with Crippen LogP contribution in [0, 0.1) is 0 Å². The van der Waals surface area contributed by atoms with Crippen molar-refractivity contribution in [3.63, 3.8) is 0 Å². The van der Waals surface area contributed by atoms with Gasteiger partial charge in [0.05, 0.1) is 11.9 Å². The van der Waals surface area contributed by atoms with Gasteiger partial charge in [-0.25, -0.2) is 4.68 Å². The number of aromatic nitrogens is 3. The molecule has 0 spiro atoms. The fourth-order valence-corrected chi connectivity index (χ4v) is 2.07. The van der Waals surface area contributed by atoms with Crippen LogP contribution in [-0.2, 0) is 13.0 Å². The van der Waals surface area contributed by atoms with Crippen molar-refractivity contribution in [3.8, 4) is 17.2 Å². The first kappa shape index (κ1) is 14.1. The maximum Gasteiger partial charge on any atom is 0.134 e. The number of hydrogen-bond acceptors (Lipinski definition) is 4. The van der Waals surface area contributed by atoms with Gasteiger partial charge in [0, 0.05) is 0 Å². The molecule has 1 aromatic heterocycles. The highest BCUT2D eigenvalue weighted by Gasteiger charge is 2.04. The summed E-state index contributed by atoms with van der Waals surface area (Å²) in [5.41, 5.74) is 2.86. The molecule has 0 fully saturated rings. The summed E-state index contributed by atoms with van der Waals surface area (Å²) < 4.78 is 7.36. The molecule has 0 unspecified atom stereocenters. The molecule has 1 heterocycles. The van der Waals surface area contributed by atoms with Gasteiger partial charge in [-0.15, -0.1) is 5.10 Å². The van der Waals surface area contributed by atoms with E-state index in [1.54, 1.807) is 28.9 Å². The predicted molar refractivity (Wildman–Crippen MR) is 83.2 cm³/mol. The number of hydrogen-bond donors (Lipinski definition) is 1. The van der Waals surface area contributed by atoms with Crippen molar-refractivity contribution >= 4 is 0 Å². The summed E-state index contributed by atoms with van der Waals surface area (Å²) in [6.45, 7) is 2.49. The molecule has 0 bridgehead atoms. The highest BCUT2D eigenvalue weighted by atomic mass is 16.5. The molecule has 0 saturated carbocycles. The lowest BCUT2D eigenvalue weighted by molar-refractivity contribution is 0.301. The SMILES string of the molecule is CCc1ccc(OCc2cn(-c3ccc(O)cc3)nn2)cc1. The lowest BCUT2D eigenvalue weighted by atomic mass is 10.2. The Labute approximate surface area is 128 Å². The first-order chi connectivity index (χ1) is 10.7. The number of ether oxygens (including phenoxy) is 1. The van der Waals surface area contributed by atoms with E-state index >= 15 is 0 Å². The fourth-order valence-electron chi connectivity index (χ4n) is 2.07. The minimum absolute atomic E-state index is 0.225. The molecular formula is C17H17N3O2. The average molecular weight is 295 g/mol. The van der Waals surface area contributed by atoms with E-state index < -0.39 is 0 Å². The highest BCUT2D eigenvalue weighted by molar-refractivity contribution is 5.36. The van der Waals surface area contributed by atoms with Crippen LogP contribution in [0.25, 0.3) is 5.69 Å². The average Bonchev–Trinajstić information content (AvgIpc) is 3.03. The Balaban J connectivity index is 1.65. The topological polar surface area (TPSA) is 60.2 Å². The Hall–Kier alpha value is -2.82. The van der Waals surface area contributed by atoms with Crippen molar-refractivity contribution < 1.29 is 9.84 Å². The molecule has 0 aliphatic heterocycles. The molecule has 0 amide bonds. The van der Waals surface area contributed by atoms with Crippen molar-refractivity contribution in [3.05, 3.63) is 66.0 Å². The molecule has 3 rings (SSSR count). The number of phenolic OH excluding ortho intramolecular Hbond substituents is 1. The zero-order chi connectivity index (χ0) is 15.4. The first-order valence-corrected chi connectivity index (χ1v) is 7.17. The lowest BCUT2D eigenvalue weighted by Crippen LogP contribution is -1.96. The highest BCUT2D eigenvalue weighted by Crippen LogP contribution is 2.15. The maximum atomic E-state index is 9.29. The van der Waals surface area contributed by atoms with Gasteiger partial charge < -0.3 is 9.84 Å². The third kappa shape index (κ3) is 3.25. The molecule has 3 aromatic rings. The van der Waals surface area contributed by atoms with Gasteiger partial charge in [-0.3, -0.25) is 0 Å². The maximum absolute atomic E-state index is 9.29. The quantitative estimate of drug-likeness (QED) is 0.785. The molecular weight excluding hydrogens is 278 g/mol. The van der Waals surface area contributed by atoms with Crippen molar-refractivity contribution in [1.82, 2.24) is 15.0 Å². The van der Waals surface area contributed by atoms with Gasteiger partial charge in [-0.1, -0.05) is 24.3 Å². The van der Waals surface area contributed by atoms with Crippen LogP contribution in [0.2, 0.25) is 0 Å². The normalized spacial score (nSPS) is 10.6. The lowest BCUT2D eigenvalue weighted by Gasteiger charge is -2.04. The number of nitrogens with zero attached hydrogens (tertiary/aromatic N) is 3. The third-order valence-electron chi connectivity index (χ3n) is 3.37. The van der Waals surface area contributed by atoms with Crippen LogP contribution in [0.4, 0.5) is 0 Å². The van der Waals surface area contributed by atoms with Gasteiger partial charge in [-0.2, -0.15) is 0 Å². The fraction of sp³-hybridized carbons (Fsp3) is 0.176. The monoisotopic (exact) mass is 295 g/mol. The van der Waals surface area contributed by atoms with Crippen LogP contribution in [0.3, 0.4) is 0 Å². The Morgan fingerprint density at radius 3 is 2.45 bits per heavy atom. The van der Waals surface area contributed by atoms with Gasteiger partial charge in [-0.05, 0) is 48.4 Å². The molecule has 0 radical (unpaired) electrons. The van der Waals surface area contributed by atoms with E-state index in [-0.39, 0.29) is 5.75 Å².